The number of aliphatic carboxylic acids is 1. The van der Waals surface area contributed by atoms with Crippen molar-refractivity contribution in [3.8, 4) is 11.1 Å². The number of nitrogens with one attached hydrogen (secondary N) is 2. The number of rotatable bonds is 17. The minimum atomic E-state index is -3.38. The molecule has 0 unspecified atom stereocenters. The highest BCUT2D eigenvalue weighted by Crippen LogP contribution is 2.30. The largest absolute Gasteiger partial charge is 0.480 e. The smallest absolute Gasteiger partial charge is 0.326 e. The molecule has 0 heterocycles. The molecule has 1 aliphatic carbocycles. The fourth-order valence-electron chi connectivity index (χ4n) is 5.66. The molecule has 2 aromatic carbocycles. The zero-order chi connectivity index (χ0) is 31.4. The summed E-state index contributed by atoms with van der Waals surface area (Å²) in [5.41, 5.74) is 3.94. The van der Waals surface area contributed by atoms with Crippen LogP contribution in [-0.2, 0) is 25.9 Å². The summed E-state index contributed by atoms with van der Waals surface area (Å²) in [5, 5.41) is 15.9. The molecule has 1 aliphatic rings. The van der Waals surface area contributed by atoms with Gasteiger partial charge in [-0.1, -0.05) is 83.7 Å². The van der Waals surface area contributed by atoms with Crippen LogP contribution in [0.3, 0.4) is 0 Å². The SMILES string of the molecule is C.Cc1ccccc1-c1cc(CN[C@@H](COCCC(C)C)CC2CCCCC2)ccc1C(=O)N[C@@H](CCS(C)(=O)=O)C(=O)O. The lowest BCUT2D eigenvalue weighted by Gasteiger charge is -2.27. The van der Waals surface area contributed by atoms with Gasteiger partial charge in [-0.3, -0.25) is 4.79 Å². The molecule has 2 atom stereocenters. The normalized spacial score (nSPS) is 15.4. The van der Waals surface area contributed by atoms with Crippen molar-refractivity contribution in [3.63, 3.8) is 0 Å². The second kappa shape index (κ2) is 18.3. The number of sulfone groups is 1. The summed E-state index contributed by atoms with van der Waals surface area (Å²) in [7, 11) is -3.38. The van der Waals surface area contributed by atoms with Crippen molar-refractivity contribution in [1.29, 1.82) is 0 Å². The molecule has 1 fully saturated rings. The number of carboxylic acids is 1. The van der Waals surface area contributed by atoms with E-state index in [0.717, 1.165) is 42.4 Å². The van der Waals surface area contributed by atoms with Gasteiger partial charge in [0.2, 0.25) is 0 Å². The quantitative estimate of drug-likeness (QED) is 0.173. The number of carbonyl (C=O) groups excluding carboxylic acids is 1. The first-order valence-corrected chi connectivity index (χ1v) is 17.7. The fourth-order valence-corrected chi connectivity index (χ4v) is 6.33. The second-order valence-electron chi connectivity index (χ2n) is 12.6. The lowest BCUT2D eigenvalue weighted by molar-refractivity contribution is -0.139. The molecule has 0 aromatic heterocycles. The van der Waals surface area contributed by atoms with Gasteiger partial charge in [0.1, 0.15) is 15.9 Å². The number of aryl methyl sites for hydroxylation is 1. The summed E-state index contributed by atoms with van der Waals surface area (Å²) in [6.45, 7) is 8.41. The van der Waals surface area contributed by atoms with Gasteiger partial charge in [-0.05, 0) is 72.4 Å². The van der Waals surface area contributed by atoms with Gasteiger partial charge in [-0.15, -0.1) is 0 Å². The average Bonchev–Trinajstić information content (AvgIpc) is 2.96. The van der Waals surface area contributed by atoms with E-state index < -0.39 is 27.8 Å². The van der Waals surface area contributed by atoms with Crippen molar-refractivity contribution in [3.05, 3.63) is 59.2 Å². The van der Waals surface area contributed by atoms with Gasteiger partial charge in [0.25, 0.3) is 5.91 Å². The van der Waals surface area contributed by atoms with E-state index in [4.69, 9.17) is 4.74 Å². The third kappa shape index (κ3) is 12.7. The van der Waals surface area contributed by atoms with E-state index in [1.807, 2.05) is 43.3 Å². The Bertz CT molecular complexity index is 1300. The molecule has 9 heteroatoms. The van der Waals surface area contributed by atoms with E-state index in [9.17, 15) is 23.1 Å². The van der Waals surface area contributed by atoms with E-state index >= 15 is 0 Å². The zero-order valence-corrected chi connectivity index (χ0v) is 27.0. The molecular weight excluding hydrogens is 576 g/mol. The Kier molecular flexibility index (Phi) is 15.5. The third-order valence-corrected chi connectivity index (χ3v) is 9.22. The summed E-state index contributed by atoms with van der Waals surface area (Å²) >= 11 is 0. The minimum Gasteiger partial charge on any atom is -0.480 e. The van der Waals surface area contributed by atoms with Gasteiger partial charge >= 0.3 is 5.97 Å². The van der Waals surface area contributed by atoms with Gasteiger partial charge in [0.15, 0.2) is 0 Å². The molecule has 0 bridgehead atoms. The van der Waals surface area contributed by atoms with Crippen LogP contribution < -0.4 is 10.6 Å². The van der Waals surface area contributed by atoms with Crippen molar-refractivity contribution in [2.24, 2.45) is 11.8 Å². The van der Waals surface area contributed by atoms with E-state index in [1.54, 1.807) is 6.07 Å². The highest BCUT2D eigenvalue weighted by Gasteiger charge is 2.25. The van der Waals surface area contributed by atoms with E-state index in [0.29, 0.717) is 36.1 Å². The van der Waals surface area contributed by atoms with Crippen molar-refractivity contribution in [1.82, 2.24) is 10.6 Å². The average molecular weight is 631 g/mol. The van der Waals surface area contributed by atoms with Crippen molar-refractivity contribution in [2.75, 3.05) is 25.2 Å². The number of hydrogen-bond donors (Lipinski definition) is 3. The number of carboxylic acid groups (broad SMARTS) is 1. The summed E-state index contributed by atoms with van der Waals surface area (Å²) in [6.07, 6.45) is 9.43. The molecule has 0 radical (unpaired) electrons. The molecule has 3 N–H and O–H groups in total. The predicted molar refractivity (Wildman–Crippen MR) is 179 cm³/mol. The van der Waals surface area contributed by atoms with Gasteiger partial charge < -0.3 is 20.5 Å². The first-order chi connectivity index (χ1) is 20.4. The van der Waals surface area contributed by atoms with E-state index in [2.05, 4.69) is 24.5 Å². The monoisotopic (exact) mass is 630 g/mol. The molecule has 0 aliphatic heterocycles. The van der Waals surface area contributed by atoms with Gasteiger partial charge in [0.05, 0.1) is 12.4 Å². The molecule has 246 valence electrons. The van der Waals surface area contributed by atoms with Gasteiger partial charge in [-0.25, -0.2) is 13.2 Å². The van der Waals surface area contributed by atoms with Crippen molar-refractivity contribution in [2.45, 2.75) is 98.2 Å². The first kappa shape index (κ1) is 37.4. The number of benzene rings is 2. The Labute approximate surface area is 265 Å². The van der Waals surface area contributed by atoms with Gasteiger partial charge in [-0.2, -0.15) is 0 Å². The van der Waals surface area contributed by atoms with Crippen LogP contribution in [0.1, 0.15) is 94.1 Å². The summed E-state index contributed by atoms with van der Waals surface area (Å²) < 4.78 is 29.4. The van der Waals surface area contributed by atoms with Crippen LogP contribution in [0, 0.1) is 18.8 Å². The summed E-state index contributed by atoms with van der Waals surface area (Å²) in [6, 6.07) is 12.3. The summed E-state index contributed by atoms with van der Waals surface area (Å²) in [5.74, 6) is -0.839. The van der Waals surface area contributed by atoms with Crippen LogP contribution in [0.25, 0.3) is 11.1 Å². The maximum atomic E-state index is 13.4. The third-order valence-electron chi connectivity index (χ3n) is 8.24. The molecule has 2 aromatic rings. The molecular formula is C35H54N2O6S. The molecule has 1 saturated carbocycles. The van der Waals surface area contributed by atoms with Crippen LogP contribution >= 0.6 is 0 Å². The van der Waals surface area contributed by atoms with E-state index in [1.165, 1.54) is 32.1 Å². The fraction of sp³-hybridized carbons (Fsp3) is 0.600. The lowest BCUT2D eigenvalue weighted by atomic mass is 9.85. The number of ether oxygens (including phenoxy) is 1. The molecule has 8 nitrogen and oxygen atoms in total. The van der Waals surface area contributed by atoms with Crippen LogP contribution in [0.15, 0.2) is 42.5 Å². The Morgan fingerprint density at radius 2 is 1.73 bits per heavy atom. The Morgan fingerprint density at radius 1 is 1.02 bits per heavy atom. The molecule has 3 rings (SSSR count). The Balaban J connectivity index is 0.00000675. The Morgan fingerprint density at radius 3 is 2.36 bits per heavy atom. The molecule has 0 saturated heterocycles. The Hall–Kier alpha value is -2.75. The van der Waals surface area contributed by atoms with Gasteiger partial charge in [0, 0.05) is 31.0 Å². The van der Waals surface area contributed by atoms with Crippen molar-refractivity contribution < 1.29 is 27.9 Å². The van der Waals surface area contributed by atoms with Crippen LogP contribution in [-0.4, -0.2) is 62.7 Å². The predicted octanol–water partition coefficient (Wildman–Crippen LogP) is 6.41. The highest BCUT2D eigenvalue weighted by molar-refractivity contribution is 7.90. The minimum absolute atomic E-state index is 0. The number of carbonyl (C=O) groups is 2. The molecule has 1 amide bonds. The standard InChI is InChI=1S/C34H50N2O6S.CH4/c1-24(2)16-18-42-23-28(20-26-11-6-5-7-12-26)35-22-27-14-15-30(31(21-27)29-13-9-8-10-25(29)3)33(37)36-32(34(38)39)17-19-43(4,40)41;/h8-10,13-15,21,24,26,28,32,35H,5-7,11-12,16-20,22-23H2,1-4H3,(H,36,37)(H,38,39);1H4/t28-,32+;/m1./s1. The number of hydrogen-bond acceptors (Lipinski definition) is 6. The maximum absolute atomic E-state index is 13.4. The van der Waals surface area contributed by atoms with Crippen molar-refractivity contribution >= 4 is 21.7 Å². The van der Waals surface area contributed by atoms with E-state index in [-0.39, 0.29) is 25.6 Å². The second-order valence-corrected chi connectivity index (χ2v) is 14.8. The topological polar surface area (TPSA) is 122 Å². The molecule has 0 spiro atoms. The maximum Gasteiger partial charge on any atom is 0.326 e. The van der Waals surface area contributed by atoms with Crippen LogP contribution in [0.2, 0.25) is 0 Å². The molecule has 44 heavy (non-hydrogen) atoms. The van der Waals surface area contributed by atoms with Crippen LogP contribution in [0.5, 0.6) is 0 Å². The lowest BCUT2D eigenvalue weighted by Crippen LogP contribution is -2.42. The zero-order valence-electron chi connectivity index (χ0n) is 26.2. The summed E-state index contributed by atoms with van der Waals surface area (Å²) in [4.78, 5) is 25.3. The first-order valence-electron chi connectivity index (χ1n) is 15.6. The number of amides is 1. The highest BCUT2D eigenvalue weighted by atomic mass is 32.2. The van der Waals surface area contributed by atoms with Crippen LogP contribution in [0.4, 0.5) is 0 Å².